The summed E-state index contributed by atoms with van der Waals surface area (Å²) in [5, 5.41) is 18.9. The van der Waals surface area contributed by atoms with E-state index < -0.39 is 0 Å². The van der Waals surface area contributed by atoms with Crippen molar-refractivity contribution in [2.24, 2.45) is 5.73 Å². The van der Waals surface area contributed by atoms with Crippen molar-refractivity contribution in [2.45, 2.75) is 30.3 Å². The maximum Gasteiger partial charge on any atom is 0.187 e. The number of aliphatic hydroxyl groups excluding tert-OH is 1. The molecule has 7 nitrogen and oxygen atoms in total. The lowest BCUT2D eigenvalue weighted by Gasteiger charge is -2.24. The van der Waals surface area contributed by atoms with Gasteiger partial charge >= 0.3 is 0 Å². The number of hydrogen-bond donors (Lipinski definition) is 2. The molecule has 0 spiro atoms. The van der Waals surface area contributed by atoms with E-state index in [0.29, 0.717) is 5.75 Å². The molecule has 3 aromatic heterocycles. The molecule has 5 rings (SSSR count). The van der Waals surface area contributed by atoms with Gasteiger partial charge in [-0.05, 0) is 43.2 Å². The average molecular weight is 435 g/mol. The van der Waals surface area contributed by atoms with E-state index in [1.165, 1.54) is 5.56 Å². The molecule has 0 aliphatic carbocycles. The summed E-state index contributed by atoms with van der Waals surface area (Å²) >= 11 is 1.62. The van der Waals surface area contributed by atoms with Gasteiger partial charge in [0.25, 0.3) is 0 Å². The van der Waals surface area contributed by atoms with Crippen LogP contribution in [-0.2, 0) is 0 Å². The molecular weight excluding hydrogens is 408 g/mol. The molecule has 3 N–H and O–H groups in total. The summed E-state index contributed by atoms with van der Waals surface area (Å²) < 4.78 is 2.03. The maximum atomic E-state index is 9.09. The smallest absolute Gasteiger partial charge is 0.187 e. The van der Waals surface area contributed by atoms with Gasteiger partial charge in [-0.3, -0.25) is 9.30 Å². The summed E-state index contributed by atoms with van der Waals surface area (Å²) in [5.74, 6) is 1.40. The zero-order valence-electron chi connectivity index (χ0n) is 17.5. The van der Waals surface area contributed by atoms with Gasteiger partial charge in [0.2, 0.25) is 0 Å². The van der Waals surface area contributed by atoms with E-state index in [2.05, 4.69) is 58.5 Å². The third kappa shape index (κ3) is 4.04. The van der Waals surface area contributed by atoms with E-state index >= 15 is 0 Å². The fourth-order valence-electron chi connectivity index (χ4n) is 4.18. The van der Waals surface area contributed by atoms with E-state index in [9.17, 15) is 0 Å². The first kappa shape index (κ1) is 20.4. The van der Waals surface area contributed by atoms with Crippen molar-refractivity contribution < 1.29 is 5.11 Å². The fraction of sp³-hybridized carbons (Fsp3) is 0.348. The van der Waals surface area contributed by atoms with Crippen molar-refractivity contribution >= 4 is 28.3 Å². The number of pyridine rings is 2. The summed E-state index contributed by atoms with van der Waals surface area (Å²) in [5.41, 5.74) is 9.83. The highest BCUT2D eigenvalue weighted by Crippen LogP contribution is 2.28. The summed E-state index contributed by atoms with van der Waals surface area (Å²) in [7, 11) is 0. The predicted octanol–water partition coefficient (Wildman–Crippen LogP) is 3.12. The molecule has 1 aliphatic rings. The number of rotatable bonds is 6. The Bertz CT molecular complexity index is 1230. The van der Waals surface area contributed by atoms with Crippen LogP contribution in [0.2, 0.25) is 0 Å². The van der Waals surface area contributed by atoms with E-state index in [4.69, 9.17) is 15.8 Å². The molecule has 0 saturated carbocycles. The lowest BCUT2D eigenvalue weighted by molar-refractivity contribution is 0.259. The van der Waals surface area contributed by atoms with Gasteiger partial charge < -0.3 is 10.8 Å². The van der Waals surface area contributed by atoms with E-state index in [1.54, 1.807) is 11.8 Å². The lowest BCUT2D eigenvalue weighted by Crippen LogP contribution is -2.28. The molecule has 1 aliphatic heterocycles. The lowest BCUT2D eigenvalue weighted by atomic mass is 10.1. The molecule has 0 radical (unpaired) electrons. The molecule has 0 unspecified atom stereocenters. The van der Waals surface area contributed by atoms with Crippen LogP contribution in [0.1, 0.15) is 24.9 Å². The van der Waals surface area contributed by atoms with Gasteiger partial charge in [0.1, 0.15) is 5.69 Å². The molecule has 160 valence electrons. The molecule has 4 aromatic rings. The van der Waals surface area contributed by atoms with Crippen molar-refractivity contribution in [3.63, 3.8) is 0 Å². The summed E-state index contributed by atoms with van der Waals surface area (Å²) in [6.45, 7) is 4.34. The van der Waals surface area contributed by atoms with Crippen LogP contribution in [0.5, 0.6) is 0 Å². The highest BCUT2D eigenvalue weighted by molar-refractivity contribution is 7.99. The summed E-state index contributed by atoms with van der Waals surface area (Å²) in [6.07, 6.45) is 3.17. The molecule has 2 atom stereocenters. The van der Waals surface area contributed by atoms with Crippen LogP contribution >= 0.6 is 11.8 Å². The number of fused-ring (bicyclic) bond motifs is 2. The number of thioether (sulfide) groups is 1. The van der Waals surface area contributed by atoms with Crippen LogP contribution in [-0.4, -0.2) is 61.1 Å². The molecule has 1 aromatic carbocycles. The minimum absolute atomic E-state index is 0.159. The third-order valence-electron chi connectivity index (χ3n) is 5.96. The third-order valence-corrected chi connectivity index (χ3v) is 6.94. The average Bonchev–Trinajstić information content (AvgIpc) is 3.42. The van der Waals surface area contributed by atoms with Crippen LogP contribution in [0.15, 0.2) is 53.6 Å². The highest BCUT2D eigenvalue weighted by Gasteiger charge is 2.25. The van der Waals surface area contributed by atoms with Crippen molar-refractivity contribution in [3.8, 4) is 11.5 Å². The standard InChI is InChI=1S/C23H26N6OS/c1-15(28-9-8-18(24)14-28)17-4-7-22-26-27-23(29(22)13-17)20-6-3-16-2-5-19(31-11-10-30)12-21(16)25-20/h2-7,12-13,15,18,30H,8-11,14,24H2,1H3/t15-,18-/m0/s1. The van der Waals surface area contributed by atoms with Crippen LogP contribution < -0.4 is 5.73 Å². The van der Waals surface area contributed by atoms with Gasteiger partial charge in [-0.2, -0.15) is 0 Å². The Balaban J connectivity index is 1.51. The van der Waals surface area contributed by atoms with Crippen molar-refractivity contribution in [1.29, 1.82) is 0 Å². The molecular formula is C23H26N6OS. The Morgan fingerprint density at radius 2 is 2.06 bits per heavy atom. The van der Waals surface area contributed by atoms with Gasteiger partial charge in [0.15, 0.2) is 11.5 Å². The minimum atomic E-state index is 0.159. The number of nitrogens with two attached hydrogens (primary N) is 1. The molecule has 0 bridgehead atoms. The maximum absolute atomic E-state index is 9.09. The molecule has 1 saturated heterocycles. The second-order valence-electron chi connectivity index (χ2n) is 8.06. The molecule has 8 heteroatoms. The van der Waals surface area contributed by atoms with E-state index in [1.807, 2.05) is 16.5 Å². The van der Waals surface area contributed by atoms with Gasteiger partial charge in [-0.1, -0.05) is 18.2 Å². The first-order valence-electron chi connectivity index (χ1n) is 10.6. The SMILES string of the molecule is C[C@@H](c1ccc2nnc(-c3ccc4ccc(SCCO)cc4n3)n2c1)N1CC[C@H](N)C1. The summed E-state index contributed by atoms with van der Waals surface area (Å²) in [4.78, 5) is 8.39. The van der Waals surface area contributed by atoms with Crippen LogP contribution in [0, 0.1) is 0 Å². The number of aromatic nitrogens is 4. The number of hydrogen-bond acceptors (Lipinski definition) is 7. The first-order valence-corrected chi connectivity index (χ1v) is 11.6. The number of likely N-dealkylation sites (tertiary alicyclic amines) is 1. The fourth-order valence-corrected chi connectivity index (χ4v) is 4.87. The van der Waals surface area contributed by atoms with Crippen LogP contribution in [0.3, 0.4) is 0 Å². The van der Waals surface area contributed by atoms with Gasteiger partial charge in [-0.25, -0.2) is 4.98 Å². The van der Waals surface area contributed by atoms with Crippen LogP contribution in [0.25, 0.3) is 28.1 Å². The zero-order chi connectivity index (χ0) is 21.4. The summed E-state index contributed by atoms with van der Waals surface area (Å²) in [6, 6.07) is 14.9. The second-order valence-corrected chi connectivity index (χ2v) is 9.23. The monoisotopic (exact) mass is 434 g/mol. The number of nitrogens with zero attached hydrogens (tertiary/aromatic N) is 5. The second kappa shape index (κ2) is 8.55. The van der Waals surface area contributed by atoms with Gasteiger partial charge in [0.05, 0.1) is 12.1 Å². The van der Waals surface area contributed by atoms with E-state index in [0.717, 1.165) is 52.5 Å². The van der Waals surface area contributed by atoms with E-state index in [-0.39, 0.29) is 18.7 Å². The minimum Gasteiger partial charge on any atom is -0.396 e. The molecule has 0 amide bonds. The van der Waals surface area contributed by atoms with Crippen molar-refractivity contribution in [1.82, 2.24) is 24.5 Å². The quantitative estimate of drug-likeness (QED) is 0.451. The van der Waals surface area contributed by atoms with Crippen LogP contribution in [0.4, 0.5) is 0 Å². The Morgan fingerprint density at radius 1 is 1.19 bits per heavy atom. The number of benzene rings is 1. The van der Waals surface area contributed by atoms with Crippen molar-refractivity contribution in [3.05, 3.63) is 54.2 Å². The first-order chi connectivity index (χ1) is 15.1. The van der Waals surface area contributed by atoms with Crippen molar-refractivity contribution in [2.75, 3.05) is 25.4 Å². The largest absolute Gasteiger partial charge is 0.396 e. The predicted molar refractivity (Wildman–Crippen MR) is 124 cm³/mol. The molecule has 4 heterocycles. The van der Waals surface area contributed by atoms with Gasteiger partial charge in [0, 0.05) is 47.4 Å². The molecule has 1 fully saturated rings. The Kier molecular flexibility index (Phi) is 5.62. The Labute approximate surface area is 185 Å². The topological polar surface area (TPSA) is 92.6 Å². The Hall–Kier alpha value is -2.52. The normalized spacial score (nSPS) is 18.2. The Morgan fingerprint density at radius 3 is 2.87 bits per heavy atom. The number of aliphatic hydroxyl groups is 1. The van der Waals surface area contributed by atoms with Gasteiger partial charge in [-0.15, -0.1) is 22.0 Å². The highest BCUT2D eigenvalue weighted by atomic mass is 32.2. The molecule has 31 heavy (non-hydrogen) atoms. The zero-order valence-corrected chi connectivity index (χ0v) is 18.3.